The number of halogens is 3. The summed E-state index contributed by atoms with van der Waals surface area (Å²) in [5, 5.41) is 5.16. The van der Waals surface area contributed by atoms with Crippen molar-refractivity contribution >= 4 is 52.2 Å². The van der Waals surface area contributed by atoms with Gasteiger partial charge in [-0.3, -0.25) is 4.79 Å². The molecule has 0 bridgehead atoms. The van der Waals surface area contributed by atoms with E-state index in [1.165, 1.54) is 30.5 Å². The van der Waals surface area contributed by atoms with E-state index >= 15 is 0 Å². The number of rotatable bonds is 6. The van der Waals surface area contributed by atoms with Gasteiger partial charge in [0.25, 0.3) is 5.91 Å². The smallest absolute Gasteiger partial charge is 0.345 e. The highest BCUT2D eigenvalue weighted by Gasteiger charge is 2.21. The predicted molar refractivity (Wildman–Crippen MR) is 147 cm³/mol. The lowest BCUT2D eigenvalue weighted by atomic mass is 10.0. The van der Waals surface area contributed by atoms with Gasteiger partial charge in [-0.15, -0.1) is 0 Å². The number of carbonyl (C=O) groups excluding carboxylic acids is 2. The molecule has 0 spiro atoms. The standard InChI is InChI=1S/C29H18Cl2FN3O3/c30-19-13-14-20(22(31)15-19)29(37)38-24-12-5-4-9-18(24)16-33-35-28(36)27-25(17-7-2-1-3-8-17)21-10-6-11-23(32)26(21)34-27/h1-16,34H,(H,35,36). The summed E-state index contributed by atoms with van der Waals surface area (Å²) >= 11 is 12.0. The van der Waals surface area contributed by atoms with Gasteiger partial charge in [0.05, 0.1) is 22.3 Å². The molecule has 5 rings (SSSR count). The van der Waals surface area contributed by atoms with Gasteiger partial charge >= 0.3 is 5.97 Å². The maximum Gasteiger partial charge on any atom is 0.345 e. The molecule has 9 heteroatoms. The quantitative estimate of drug-likeness (QED) is 0.102. The number of benzene rings is 4. The third kappa shape index (κ3) is 5.16. The first-order valence-corrected chi connectivity index (χ1v) is 12.1. The summed E-state index contributed by atoms with van der Waals surface area (Å²) in [6.07, 6.45) is 1.34. The molecule has 0 radical (unpaired) electrons. The number of aromatic amines is 1. The Kier molecular flexibility index (Phi) is 7.22. The molecule has 38 heavy (non-hydrogen) atoms. The summed E-state index contributed by atoms with van der Waals surface area (Å²) in [7, 11) is 0. The molecule has 1 heterocycles. The Morgan fingerprint density at radius 2 is 1.68 bits per heavy atom. The van der Waals surface area contributed by atoms with E-state index < -0.39 is 17.7 Å². The molecule has 2 N–H and O–H groups in total. The van der Waals surface area contributed by atoms with Crippen molar-refractivity contribution < 1.29 is 18.7 Å². The van der Waals surface area contributed by atoms with Crippen LogP contribution in [0.1, 0.15) is 26.4 Å². The van der Waals surface area contributed by atoms with Gasteiger partial charge in [-0.05, 0) is 42.0 Å². The van der Waals surface area contributed by atoms with Gasteiger partial charge in [-0.25, -0.2) is 14.6 Å². The number of hydrogen-bond acceptors (Lipinski definition) is 4. The van der Waals surface area contributed by atoms with Crippen LogP contribution in [0.15, 0.2) is 96.1 Å². The maximum atomic E-state index is 14.5. The van der Waals surface area contributed by atoms with Crippen LogP contribution in [0.2, 0.25) is 10.0 Å². The van der Waals surface area contributed by atoms with E-state index in [2.05, 4.69) is 15.5 Å². The van der Waals surface area contributed by atoms with Crippen molar-refractivity contribution in [3.63, 3.8) is 0 Å². The van der Waals surface area contributed by atoms with Crippen molar-refractivity contribution in [1.82, 2.24) is 10.4 Å². The van der Waals surface area contributed by atoms with Crippen molar-refractivity contribution in [3.8, 4) is 16.9 Å². The van der Waals surface area contributed by atoms with Gasteiger partial charge in [0.2, 0.25) is 0 Å². The van der Waals surface area contributed by atoms with Crippen LogP contribution in [0.3, 0.4) is 0 Å². The molecule has 0 aliphatic carbocycles. The Hall–Kier alpha value is -4.46. The molecule has 6 nitrogen and oxygen atoms in total. The molecule has 0 saturated heterocycles. The Morgan fingerprint density at radius 1 is 0.921 bits per heavy atom. The number of nitrogens with one attached hydrogen (secondary N) is 2. The van der Waals surface area contributed by atoms with Gasteiger partial charge in [0.1, 0.15) is 17.3 Å². The second kappa shape index (κ2) is 10.9. The van der Waals surface area contributed by atoms with E-state index in [0.29, 0.717) is 21.5 Å². The normalized spacial score (nSPS) is 11.1. The van der Waals surface area contributed by atoms with Gasteiger partial charge in [0, 0.05) is 21.5 Å². The van der Waals surface area contributed by atoms with E-state index in [1.54, 1.807) is 36.4 Å². The molecule has 0 fully saturated rings. The summed E-state index contributed by atoms with van der Waals surface area (Å²) in [4.78, 5) is 28.7. The molecule has 0 saturated carbocycles. The Bertz CT molecular complexity index is 1700. The van der Waals surface area contributed by atoms with E-state index in [4.69, 9.17) is 27.9 Å². The van der Waals surface area contributed by atoms with Crippen LogP contribution in [0.25, 0.3) is 22.0 Å². The SMILES string of the molecule is O=C(Oc1ccccc1C=NNC(=O)c1[nH]c2c(F)cccc2c1-c1ccccc1)c1ccc(Cl)cc1Cl. The number of amides is 1. The first-order chi connectivity index (χ1) is 18.4. The minimum absolute atomic E-state index is 0.149. The first-order valence-electron chi connectivity index (χ1n) is 11.4. The molecule has 0 unspecified atom stereocenters. The second-order valence-corrected chi connectivity index (χ2v) is 9.00. The van der Waals surface area contributed by atoms with Crippen LogP contribution in [-0.2, 0) is 0 Å². The molecule has 0 aliphatic heterocycles. The number of esters is 1. The number of aromatic nitrogens is 1. The fourth-order valence-electron chi connectivity index (χ4n) is 3.96. The largest absolute Gasteiger partial charge is 0.422 e. The fourth-order valence-corrected chi connectivity index (χ4v) is 4.45. The average molecular weight is 546 g/mol. The summed E-state index contributed by atoms with van der Waals surface area (Å²) in [6, 6.07) is 25.0. The molecular weight excluding hydrogens is 528 g/mol. The van der Waals surface area contributed by atoms with Crippen LogP contribution in [0, 0.1) is 5.82 Å². The number of fused-ring (bicyclic) bond motifs is 1. The highest BCUT2D eigenvalue weighted by atomic mass is 35.5. The highest BCUT2D eigenvalue weighted by Crippen LogP contribution is 2.33. The van der Waals surface area contributed by atoms with Gasteiger partial charge in [-0.2, -0.15) is 5.10 Å². The van der Waals surface area contributed by atoms with E-state index in [-0.39, 0.29) is 27.5 Å². The molecule has 1 amide bonds. The highest BCUT2D eigenvalue weighted by molar-refractivity contribution is 6.36. The van der Waals surface area contributed by atoms with Crippen LogP contribution < -0.4 is 10.2 Å². The number of ether oxygens (including phenoxy) is 1. The number of H-pyrrole nitrogens is 1. The Labute approximate surface area is 226 Å². The fraction of sp³-hybridized carbons (Fsp3) is 0. The van der Waals surface area contributed by atoms with Gasteiger partial charge < -0.3 is 9.72 Å². The number of para-hydroxylation sites is 2. The monoisotopic (exact) mass is 545 g/mol. The van der Waals surface area contributed by atoms with E-state index in [9.17, 15) is 14.0 Å². The lowest BCUT2D eigenvalue weighted by Gasteiger charge is -2.08. The van der Waals surface area contributed by atoms with Crippen molar-refractivity contribution in [2.75, 3.05) is 0 Å². The zero-order valence-electron chi connectivity index (χ0n) is 19.5. The van der Waals surface area contributed by atoms with Crippen LogP contribution >= 0.6 is 23.2 Å². The summed E-state index contributed by atoms with van der Waals surface area (Å²) < 4.78 is 20.0. The summed E-state index contributed by atoms with van der Waals surface area (Å²) in [6.45, 7) is 0. The topological polar surface area (TPSA) is 83.5 Å². The third-order valence-electron chi connectivity index (χ3n) is 5.71. The van der Waals surface area contributed by atoms with Crippen LogP contribution in [-0.4, -0.2) is 23.1 Å². The summed E-state index contributed by atoms with van der Waals surface area (Å²) in [5.41, 5.74) is 4.73. The summed E-state index contributed by atoms with van der Waals surface area (Å²) in [5.74, 6) is -1.51. The zero-order valence-corrected chi connectivity index (χ0v) is 21.1. The van der Waals surface area contributed by atoms with Gasteiger partial charge in [0.15, 0.2) is 0 Å². The lowest BCUT2D eigenvalue weighted by molar-refractivity contribution is 0.0734. The van der Waals surface area contributed by atoms with Crippen molar-refractivity contribution in [2.24, 2.45) is 5.10 Å². The second-order valence-electron chi connectivity index (χ2n) is 8.15. The minimum atomic E-state index is -0.677. The van der Waals surface area contributed by atoms with E-state index in [1.807, 2.05) is 30.3 Å². The molecule has 0 aliphatic rings. The number of carbonyl (C=O) groups is 2. The molecule has 1 aromatic heterocycles. The molecular formula is C29H18Cl2FN3O3. The van der Waals surface area contributed by atoms with Gasteiger partial charge in [-0.1, -0.05) is 77.8 Å². The predicted octanol–water partition coefficient (Wildman–Crippen LogP) is 7.26. The molecule has 188 valence electrons. The number of hydrogen-bond donors (Lipinski definition) is 2. The van der Waals surface area contributed by atoms with Crippen molar-refractivity contribution in [3.05, 3.63) is 124 Å². The van der Waals surface area contributed by atoms with Crippen LogP contribution in [0.4, 0.5) is 4.39 Å². The van der Waals surface area contributed by atoms with Crippen LogP contribution in [0.5, 0.6) is 5.75 Å². The maximum absolute atomic E-state index is 14.5. The van der Waals surface area contributed by atoms with E-state index in [0.717, 1.165) is 5.56 Å². The zero-order chi connectivity index (χ0) is 26.6. The number of hydrazone groups is 1. The average Bonchev–Trinajstić information content (AvgIpc) is 3.31. The number of nitrogens with zero attached hydrogens (tertiary/aromatic N) is 1. The van der Waals surface area contributed by atoms with Crippen molar-refractivity contribution in [1.29, 1.82) is 0 Å². The Morgan fingerprint density at radius 3 is 2.47 bits per heavy atom. The Balaban J connectivity index is 1.39. The first kappa shape index (κ1) is 25.2. The molecule has 5 aromatic rings. The van der Waals surface area contributed by atoms with Crippen molar-refractivity contribution in [2.45, 2.75) is 0 Å². The minimum Gasteiger partial charge on any atom is -0.422 e. The lowest BCUT2D eigenvalue weighted by Crippen LogP contribution is -2.19. The third-order valence-corrected chi connectivity index (χ3v) is 6.26. The molecule has 4 aromatic carbocycles. The molecule has 0 atom stereocenters.